The van der Waals surface area contributed by atoms with Crippen molar-refractivity contribution in [3.8, 4) is 5.75 Å². The van der Waals surface area contributed by atoms with E-state index < -0.39 is 6.16 Å². The summed E-state index contributed by atoms with van der Waals surface area (Å²) in [6, 6.07) is 5.01. The van der Waals surface area contributed by atoms with Crippen molar-refractivity contribution >= 4 is 37.0 Å². The zero-order chi connectivity index (χ0) is 9.14. The molecule has 0 aromatic heterocycles. The van der Waals surface area contributed by atoms with Crippen LogP contribution in [0.4, 0.5) is 4.79 Å². The van der Waals surface area contributed by atoms with Crippen LogP contribution in [-0.4, -0.2) is 31.7 Å². The molecule has 1 rings (SSSR count). The smallest absolute Gasteiger partial charge is 0.449 e. The normalized spacial score (nSPS) is 9.50. The Bertz CT molecular complexity index is 312. The fourth-order valence-electron chi connectivity index (χ4n) is 0.710. The van der Waals surface area contributed by atoms with Crippen LogP contribution in [0.3, 0.4) is 0 Å². The standard InChI is InChI=1S/C7H4O3Si2/c8-7(9)10-4-2-1-3-5(11)6(4)12/h1-3H,(H,8,9). The SMILES string of the molecule is O=C(O)Oc1cccc([Si])c1[Si]. The number of hydrogen-bond acceptors (Lipinski definition) is 2. The van der Waals surface area contributed by atoms with Gasteiger partial charge in [-0.25, -0.2) is 4.79 Å². The highest BCUT2D eigenvalue weighted by atomic mass is 28.2. The molecular weight excluding hydrogens is 188 g/mol. The van der Waals surface area contributed by atoms with Crippen molar-refractivity contribution in [3.05, 3.63) is 18.2 Å². The van der Waals surface area contributed by atoms with Crippen molar-refractivity contribution in [1.82, 2.24) is 0 Å². The number of carbonyl (C=O) groups is 1. The van der Waals surface area contributed by atoms with E-state index in [2.05, 4.69) is 25.2 Å². The monoisotopic (exact) mass is 192 g/mol. The Labute approximate surface area is 76.2 Å². The Balaban J connectivity index is 3.00. The molecule has 0 saturated carbocycles. The van der Waals surface area contributed by atoms with E-state index in [1.807, 2.05) is 0 Å². The molecule has 3 nitrogen and oxygen atoms in total. The Morgan fingerprint density at radius 3 is 2.67 bits per heavy atom. The molecule has 58 valence electrons. The molecule has 5 heteroatoms. The lowest BCUT2D eigenvalue weighted by Crippen LogP contribution is -2.28. The maximum absolute atomic E-state index is 10.2. The Kier molecular flexibility index (Phi) is 2.67. The van der Waals surface area contributed by atoms with Crippen molar-refractivity contribution in [2.75, 3.05) is 0 Å². The number of hydrogen-bond donors (Lipinski definition) is 1. The van der Waals surface area contributed by atoms with Gasteiger partial charge in [-0.1, -0.05) is 17.3 Å². The van der Waals surface area contributed by atoms with E-state index in [0.717, 1.165) is 5.19 Å². The van der Waals surface area contributed by atoms with Gasteiger partial charge < -0.3 is 9.84 Å². The van der Waals surface area contributed by atoms with Gasteiger partial charge in [0.1, 0.15) is 5.75 Å². The topological polar surface area (TPSA) is 46.5 Å². The molecule has 0 unspecified atom stereocenters. The lowest BCUT2D eigenvalue weighted by Gasteiger charge is -2.05. The van der Waals surface area contributed by atoms with Crippen LogP contribution in [0.5, 0.6) is 5.75 Å². The average Bonchev–Trinajstić information content (AvgIpc) is 1.98. The highest BCUT2D eigenvalue weighted by Crippen LogP contribution is 2.02. The lowest BCUT2D eigenvalue weighted by atomic mass is 10.3. The van der Waals surface area contributed by atoms with Crippen LogP contribution in [0.1, 0.15) is 0 Å². The lowest BCUT2D eigenvalue weighted by molar-refractivity contribution is 0.145. The quantitative estimate of drug-likeness (QED) is 0.365. The summed E-state index contributed by atoms with van der Waals surface area (Å²) >= 11 is 0. The number of carboxylic acid groups (broad SMARTS) is 1. The van der Waals surface area contributed by atoms with Crippen LogP contribution >= 0.6 is 0 Å². The molecule has 1 aromatic carbocycles. The Hall–Kier alpha value is -1.08. The molecule has 0 amide bonds. The van der Waals surface area contributed by atoms with E-state index >= 15 is 0 Å². The summed E-state index contributed by atoms with van der Waals surface area (Å²) in [6.45, 7) is 0. The summed E-state index contributed by atoms with van der Waals surface area (Å²) in [7, 11) is 6.49. The minimum Gasteiger partial charge on any atom is -0.449 e. The zero-order valence-electron chi connectivity index (χ0n) is 6.00. The molecule has 12 heavy (non-hydrogen) atoms. The third-order valence-electron chi connectivity index (χ3n) is 1.22. The van der Waals surface area contributed by atoms with Gasteiger partial charge >= 0.3 is 6.16 Å². The summed E-state index contributed by atoms with van der Waals surface area (Å²) in [6.07, 6.45) is -1.33. The van der Waals surface area contributed by atoms with Gasteiger partial charge in [0.15, 0.2) is 0 Å². The van der Waals surface area contributed by atoms with Crippen LogP contribution in [0, 0.1) is 0 Å². The van der Waals surface area contributed by atoms with Crippen LogP contribution < -0.4 is 15.1 Å². The van der Waals surface area contributed by atoms with Crippen molar-refractivity contribution in [2.24, 2.45) is 0 Å². The van der Waals surface area contributed by atoms with E-state index in [4.69, 9.17) is 5.11 Å². The first kappa shape index (κ1) is 9.02. The van der Waals surface area contributed by atoms with Crippen molar-refractivity contribution < 1.29 is 14.6 Å². The van der Waals surface area contributed by atoms with E-state index in [1.54, 1.807) is 18.2 Å². The molecule has 1 N–H and O–H groups in total. The minimum absolute atomic E-state index is 0.270. The molecule has 0 spiro atoms. The largest absolute Gasteiger partial charge is 0.511 e. The number of ether oxygens (including phenoxy) is 1. The molecule has 0 saturated heterocycles. The third kappa shape index (κ3) is 1.96. The first-order chi connectivity index (χ1) is 5.61. The predicted octanol–water partition coefficient (Wildman–Crippen LogP) is -0.669. The minimum atomic E-state index is -1.33. The zero-order valence-corrected chi connectivity index (χ0v) is 8.00. The third-order valence-corrected chi connectivity index (χ3v) is 2.41. The highest BCUT2D eigenvalue weighted by molar-refractivity contribution is 6.49. The molecule has 0 aliphatic carbocycles. The maximum Gasteiger partial charge on any atom is 0.511 e. The van der Waals surface area contributed by atoms with Gasteiger partial charge in [-0.2, -0.15) is 0 Å². The Morgan fingerprint density at radius 1 is 1.42 bits per heavy atom. The molecule has 0 fully saturated rings. The van der Waals surface area contributed by atoms with Gasteiger partial charge in [0, 0.05) is 0 Å². The van der Waals surface area contributed by atoms with Crippen LogP contribution in [0.2, 0.25) is 0 Å². The fourth-order valence-corrected chi connectivity index (χ4v) is 1.15. The summed E-state index contributed by atoms with van der Waals surface area (Å²) in [4.78, 5) is 10.2. The first-order valence-corrected chi connectivity index (χ1v) is 4.08. The van der Waals surface area contributed by atoms with E-state index in [-0.39, 0.29) is 5.75 Å². The molecule has 0 aliphatic heterocycles. The summed E-state index contributed by atoms with van der Waals surface area (Å²) in [5.74, 6) is 0.270. The van der Waals surface area contributed by atoms with E-state index in [1.165, 1.54) is 0 Å². The van der Waals surface area contributed by atoms with Gasteiger partial charge in [0.05, 0.1) is 20.5 Å². The van der Waals surface area contributed by atoms with Gasteiger partial charge in [-0.3, -0.25) is 0 Å². The van der Waals surface area contributed by atoms with E-state index in [9.17, 15) is 4.79 Å². The van der Waals surface area contributed by atoms with Crippen LogP contribution in [-0.2, 0) is 0 Å². The van der Waals surface area contributed by atoms with Crippen LogP contribution in [0.25, 0.3) is 0 Å². The van der Waals surface area contributed by atoms with Crippen LogP contribution in [0.15, 0.2) is 18.2 Å². The van der Waals surface area contributed by atoms with Crippen molar-refractivity contribution in [3.63, 3.8) is 0 Å². The molecule has 0 aliphatic rings. The van der Waals surface area contributed by atoms with Crippen molar-refractivity contribution in [2.45, 2.75) is 0 Å². The molecule has 0 atom stereocenters. The number of rotatable bonds is 1. The van der Waals surface area contributed by atoms with Gasteiger partial charge in [-0.15, -0.1) is 0 Å². The second-order valence-electron chi connectivity index (χ2n) is 2.05. The molecule has 6 radical (unpaired) electrons. The second-order valence-corrected chi connectivity index (χ2v) is 3.09. The Morgan fingerprint density at radius 2 is 2.08 bits per heavy atom. The second kappa shape index (κ2) is 3.55. The number of benzene rings is 1. The molecule has 1 aromatic rings. The molecule has 0 heterocycles. The van der Waals surface area contributed by atoms with Gasteiger partial charge in [-0.05, 0) is 11.3 Å². The van der Waals surface area contributed by atoms with Crippen molar-refractivity contribution in [1.29, 1.82) is 0 Å². The first-order valence-electron chi connectivity index (χ1n) is 3.08. The fraction of sp³-hybridized carbons (Fsp3) is 0. The highest BCUT2D eigenvalue weighted by Gasteiger charge is 2.04. The van der Waals surface area contributed by atoms with Gasteiger partial charge in [0.25, 0.3) is 0 Å². The summed E-state index contributed by atoms with van der Waals surface area (Å²) < 4.78 is 4.46. The van der Waals surface area contributed by atoms with E-state index in [0.29, 0.717) is 5.19 Å². The molecular formula is C7H4O3Si2. The maximum atomic E-state index is 10.2. The summed E-state index contributed by atoms with van der Waals surface area (Å²) in [5, 5.41) is 9.64. The average molecular weight is 192 g/mol. The molecule has 0 bridgehead atoms. The van der Waals surface area contributed by atoms with Gasteiger partial charge in [0.2, 0.25) is 0 Å². The summed E-state index contributed by atoms with van der Waals surface area (Å²) in [5.41, 5.74) is 0. The predicted molar refractivity (Wildman–Crippen MR) is 45.9 cm³/mol.